The van der Waals surface area contributed by atoms with Gasteiger partial charge in [-0.3, -0.25) is 14.4 Å². The topological polar surface area (TPSA) is 90.9 Å². The number of hydrogen-bond donors (Lipinski definition) is 2. The van der Waals surface area contributed by atoms with Crippen LogP contribution in [0.1, 0.15) is 69.2 Å². The molecule has 1 heterocycles. The van der Waals surface area contributed by atoms with Crippen LogP contribution in [0.5, 0.6) is 0 Å². The average molecular weight is 483 g/mol. The van der Waals surface area contributed by atoms with E-state index in [0.717, 1.165) is 50.1 Å². The smallest absolute Gasteiger partial charge is 0.262 e. The fourth-order valence-corrected chi connectivity index (χ4v) is 8.03. The molecular formula is C26H34N4O3S. The van der Waals surface area contributed by atoms with E-state index in [9.17, 15) is 14.4 Å². The van der Waals surface area contributed by atoms with Gasteiger partial charge in [0.1, 0.15) is 5.25 Å². The van der Waals surface area contributed by atoms with Gasteiger partial charge in [0.15, 0.2) is 5.17 Å². The summed E-state index contributed by atoms with van der Waals surface area (Å²) in [6, 6.07) is 7.10. The summed E-state index contributed by atoms with van der Waals surface area (Å²) in [5.74, 6) is 1.72. The predicted molar refractivity (Wildman–Crippen MR) is 135 cm³/mol. The third-order valence-corrected chi connectivity index (χ3v) is 9.17. The van der Waals surface area contributed by atoms with E-state index in [2.05, 4.69) is 15.6 Å². The third kappa shape index (κ3) is 4.74. The van der Waals surface area contributed by atoms with Crippen LogP contribution >= 0.6 is 11.8 Å². The number of carbonyl (C=O) groups excluding carboxylic acids is 3. The number of nitrogens with zero attached hydrogens (tertiary/aromatic N) is 2. The molecule has 2 N–H and O–H groups in total. The van der Waals surface area contributed by atoms with E-state index in [1.807, 2.05) is 18.7 Å². The molecule has 4 saturated carbocycles. The summed E-state index contributed by atoms with van der Waals surface area (Å²) in [5.41, 5.74) is 1.09. The summed E-state index contributed by atoms with van der Waals surface area (Å²) < 4.78 is 0. The molecule has 182 valence electrons. The number of amides is 3. The zero-order chi connectivity index (χ0) is 23.9. The molecule has 0 saturated heterocycles. The van der Waals surface area contributed by atoms with Gasteiger partial charge in [0.2, 0.25) is 5.91 Å². The molecule has 1 atom stereocenters. The Bertz CT molecular complexity index is 984. The molecule has 0 unspecified atom stereocenters. The van der Waals surface area contributed by atoms with Crippen molar-refractivity contribution < 1.29 is 14.4 Å². The molecule has 5 aliphatic rings. The molecule has 0 aromatic heterocycles. The summed E-state index contributed by atoms with van der Waals surface area (Å²) in [4.78, 5) is 44.3. The van der Waals surface area contributed by atoms with Crippen LogP contribution < -0.4 is 10.6 Å². The summed E-state index contributed by atoms with van der Waals surface area (Å²) in [6.45, 7) is 5.58. The van der Waals surface area contributed by atoms with E-state index in [0.29, 0.717) is 16.4 Å². The molecule has 7 nitrogen and oxygen atoms in total. The molecule has 6 rings (SSSR count). The maximum absolute atomic E-state index is 13.2. The van der Waals surface area contributed by atoms with Crippen molar-refractivity contribution in [1.29, 1.82) is 0 Å². The van der Waals surface area contributed by atoms with E-state index < -0.39 is 5.25 Å². The molecule has 8 heteroatoms. The van der Waals surface area contributed by atoms with Crippen molar-refractivity contribution in [2.45, 2.75) is 69.6 Å². The second-order valence-electron chi connectivity index (χ2n) is 10.5. The Hall–Kier alpha value is -2.35. The zero-order valence-electron chi connectivity index (χ0n) is 20.0. The van der Waals surface area contributed by atoms with Gasteiger partial charge >= 0.3 is 0 Å². The maximum Gasteiger partial charge on any atom is 0.262 e. The van der Waals surface area contributed by atoms with Crippen LogP contribution in [0.15, 0.2) is 29.3 Å². The van der Waals surface area contributed by atoms with E-state index in [1.54, 1.807) is 24.3 Å². The first-order chi connectivity index (χ1) is 16.4. The lowest BCUT2D eigenvalue weighted by Gasteiger charge is -2.56. The van der Waals surface area contributed by atoms with Crippen LogP contribution in [-0.2, 0) is 9.59 Å². The first-order valence-corrected chi connectivity index (χ1v) is 13.5. The van der Waals surface area contributed by atoms with Gasteiger partial charge < -0.3 is 15.5 Å². The first kappa shape index (κ1) is 23.4. The number of carbonyl (C=O) groups is 3. The second kappa shape index (κ2) is 9.36. The monoisotopic (exact) mass is 482 g/mol. The standard InChI is InChI=1S/C26H34N4O3S/c1-3-30(4-2)25-28-24(33)21(34-25)12-22(31)27-20-7-5-6-19(11-20)23(32)29-26-13-16-8-17(14-26)10-18(9-16)15-26/h5-7,11,16-18,21H,3-4,8-10,12-15H2,1-2H3,(H,27,31)(H,29,32)/t16?,17?,18?,21-,26?/m1/s1. The molecule has 4 fully saturated rings. The lowest BCUT2D eigenvalue weighted by molar-refractivity contribution is -0.121. The molecule has 0 spiro atoms. The van der Waals surface area contributed by atoms with Crippen LogP contribution in [0.2, 0.25) is 0 Å². The number of benzene rings is 1. The van der Waals surface area contributed by atoms with Crippen molar-refractivity contribution in [2.75, 3.05) is 18.4 Å². The minimum atomic E-state index is -0.502. The van der Waals surface area contributed by atoms with Gasteiger partial charge in [0, 0.05) is 36.3 Å². The van der Waals surface area contributed by atoms with Gasteiger partial charge in [0.05, 0.1) is 0 Å². The highest BCUT2D eigenvalue weighted by Crippen LogP contribution is 2.55. The number of rotatable bonds is 7. The van der Waals surface area contributed by atoms with Crippen molar-refractivity contribution in [3.05, 3.63) is 29.8 Å². The number of hydrogen-bond acceptors (Lipinski definition) is 5. The minimum Gasteiger partial charge on any atom is -0.352 e. The molecule has 1 aromatic carbocycles. The third-order valence-electron chi connectivity index (χ3n) is 7.96. The maximum atomic E-state index is 13.2. The average Bonchev–Trinajstić information content (AvgIpc) is 3.13. The van der Waals surface area contributed by atoms with Crippen LogP contribution in [0.25, 0.3) is 0 Å². The molecule has 1 aromatic rings. The lowest BCUT2D eigenvalue weighted by Crippen LogP contribution is -2.59. The summed E-state index contributed by atoms with van der Waals surface area (Å²) in [5, 5.41) is 6.45. The predicted octanol–water partition coefficient (Wildman–Crippen LogP) is 4.05. The number of anilines is 1. The van der Waals surface area contributed by atoms with Gasteiger partial charge in [0.25, 0.3) is 11.8 Å². The summed E-state index contributed by atoms with van der Waals surface area (Å²) in [7, 11) is 0. The summed E-state index contributed by atoms with van der Waals surface area (Å²) in [6.07, 6.45) is 7.37. The van der Waals surface area contributed by atoms with Gasteiger partial charge in [-0.2, -0.15) is 4.99 Å². The minimum absolute atomic E-state index is 0.0479. The van der Waals surface area contributed by atoms with Crippen LogP contribution in [0, 0.1) is 17.8 Å². The van der Waals surface area contributed by atoms with Crippen molar-refractivity contribution in [3.63, 3.8) is 0 Å². The van der Waals surface area contributed by atoms with Crippen LogP contribution in [0.4, 0.5) is 5.69 Å². The number of thioether (sulfide) groups is 1. The van der Waals surface area contributed by atoms with Gasteiger partial charge in [-0.1, -0.05) is 17.8 Å². The Morgan fingerprint density at radius 3 is 2.35 bits per heavy atom. The molecule has 34 heavy (non-hydrogen) atoms. The largest absolute Gasteiger partial charge is 0.352 e. The first-order valence-electron chi connectivity index (χ1n) is 12.6. The fourth-order valence-electron chi connectivity index (χ4n) is 6.83. The van der Waals surface area contributed by atoms with Gasteiger partial charge in [-0.25, -0.2) is 0 Å². The Morgan fingerprint density at radius 2 is 1.74 bits per heavy atom. The van der Waals surface area contributed by atoms with Gasteiger partial charge in [-0.05, 0) is 88.3 Å². The van der Waals surface area contributed by atoms with E-state index in [-0.39, 0.29) is 29.7 Å². The van der Waals surface area contributed by atoms with Crippen molar-refractivity contribution in [1.82, 2.24) is 10.2 Å². The van der Waals surface area contributed by atoms with Crippen LogP contribution in [0.3, 0.4) is 0 Å². The normalized spacial score (nSPS) is 31.4. The SMILES string of the molecule is CCN(CC)C1=NC(=O)[C@@H](CC(=O)Nc2cccc(C(=O)NC34CC5CC(CC(C5)C3)C4)c2)S1. The summed E-state index contributed by atoms with van der Waals surface area (Å²) >= 11 is 1.36. The number of nitrogens with one attached hydrogen (secondary N) is 2. The molecule has 3 amide bonds. The lowest BCUT2D eigenvalue weighted by atomic mass is 9.53. The number of amidine groups is 1. The fraction of sp³-hybridized carbons (Fsp3) is 0.615. The number of aliphatic imine (C=N–C) groups is 1. The van der Waals surface area contributed by atoms with Crippen molar-refractivity contribution in [3.8, 4) is 0 Å². The van der Waals surface area contributed by atoms with E-state index in [1.165, 1.54) is 31.0 Å². The molecule has 1 aliphatic heterocycles. The molecule has 4 bridgehead atoms. The van der Waals surface area contributed by atoms with E-state index >= 15 is 0 Å². The van der Waals surface area contributed by atoms with Gasteiger partial charge in [-0.15, -0.1) is 0 Å². The highest BCUT2D eigenvalue weighted by atomic mass is 32.2. The van der Waals surface area contributed by atoms with Crippen molar-refractivity contribution in [2.24, 2.45) is 22.7 Å². The molecular weight excluding hydrogens is 448 g/mol. The Morgan fingerprint density at radius 1 is 1.09 bits per heavy atom. The second-order valence-corrected chi connectivity index (χ2v) is 11.7. The van der Waals surface area contributed by atoms with Crippen molar-refractivity contribution >= 4 is 40.3 Å². The Balaban J connectivity index is 1.18. The highest BCUT2D eigenvalue weighted by molar-refractivity contribution is 8.15. The molecule has 0 radical (unpaired) electrons. The Labute approximate surface area is 205 Å². The Kier molecular flexibility index (Phi) is 6.44. The van der Waals surface area contributed by atoms with Crippen LogP contribution in [-0.4, -0.2) is 51.7 Å². The van der Waals surface area contributed by atoms with E-state index in [4.69, 9.17) is 0 Å². The highest BCUT2D eigenvalue weighted by Gasteiger charge is 2.51. The quantitative estimate of drug-likeness (QED) is 0.612. The molecule has 4 aliphatic carbocycles. The zero-order valence-corrected chi connectivity index (χ0v) is 20.8.